The summed E-state index contributed by atoms with van der Waals surface area (Å²) in [5.41, 5.74) is 0.552. The summed E-state index contributed by atoms with van der Waals surface area (Å²) in [5.74, 6) is 0.141. The Hall–Kier alpha value is -3.02. The SMILES string of the molecule is CCCOc1ccc(F)c2c(=O)c(-c3ccc(O)cc3OC)c[nH]c12. The molecule has 6 heteroatoms. The van der Waals surface area contributed by atoms with Crippen molar-refractivity contribution in [2.45, 2.75) is 13.3 Å². The molecule has 5 nitrogen and oxygen atoms in total. The number of aromatic nitrogens is 1. The van der Waals surface area contributed by atoms with Crippen LogP contribution in [0, 0.1) is 5.82 Å². The highest BCUT2D eigenvalue weighted by molar-refractivity contribution is 5.89. The van der Waals surface area contributed by atoms with Crippen molar-refractivity contribution in [2.24, 2.45) is 0 Å². The molecule has 0 bridgehead atoms. The van der Waals surface area contributed by atoms with Gasteiger partial charge in [-0.25, -0.2) is 4.39 Å². The number of aromatic hydroxyl groups is 1. The predicted molar refractivity (Wildman–Crippen MR) is 94.0 cm³/mol. The van der Waals surface area contributed by atoms with E-state index in [-0.39, 0.29) is 16.7 Å². The molecule has 1 aromatic heterocycles. The number of fused-ring (bicyclic) bond motifs is 1. The summed E-state index contributed by atoms with van der Waals surface area (Å²) < 4.78 is 25.2. The lowest BCUT2D eigenvalue weighted by atomic mass is 10.0. The van der Waals surface area contributed by atoms with Crippen molar-refractivity contribution in [1.82, 2.24) is 4.98 Å². The van der Waals surface area contributed by atoms with E-state index in [1.54, 1.807) is 6.07 Å². The van der Waals surface area contributed by atoms with Crippen LogP contribution in [0.2, 0.25) is 0 Å². The zero-order valence-electron chi connectivity index (χ0n) is 13.9. The number of aromatic amines is 1. The molecule has 3 aromatic rings. The van der Waals surface area contributed by atoms with E-state index in [0.29, 0.717) is 29.2 Å². The average molecular weight is 343 g/mol. The standard InChI is InChI=1S/C19H18FNO4/c1-3-8-25-15-7-6-14(20)17-18(15)21-10-13(19(17)23)12-5-4-11(22)9-16(12)24-2/h4-7,9-10,22H,3,8H2,1-2H3,(H,21,23). The summed E-state index contributed by atoms with van der Waals surface area (Å²) in [6.45, 7) is 2.43. The molecule has 0 saturated carbocycles. The fraction of sp³-hybridized carbons (Fsp3) is 0.211. The molecule has 0 radical (unpaired) electrons. The molecule has 1 heterocycles. The molecule has 130 valence electrons. The van der Waals surface area contributed by atoms with Crippen molar-refractivity contribution in [2.75, 3.05) is 13.7 Å². The van der Waals surface area contributed by atoms with Gasteiger partial charge in [-0.15, -0.1) is 0 Å². The van der Waals surface area contributed by atoms with E-state index in [2.05, 4.69) is 4.98 Å². The van der Waals surface area contributed by atoms with Crippen molar-refractivity contribution in [3.8, 4) is 28.4 Å². The van der Waals surface area contributed by atoms with Crippen LogP contribution in [0.4, 0.5) is 4.39 Å². The number of hydrogen-bond acceptors (Lipinski definition) is 4. The number of benzene rings is 2. The van der Waals surface area contributed by atoms with Crippen molar-refractivity contribution >= 4 is 10.9 Å². The molecule has 25 heavy (non-hydrogen) atoms. The first-order valence-electron chi connectivity index (χ1n) is 7.91. The number of nitrogens with one attached hydrogen (secondary N) is 1. The minimum absolute atomic E-state index is 0.0132. The molecular formula is C19H18FNO4. The third-order valence-electron chi connectivity index (χ3n) is 3.89. The Labute approximate surface area is 143 Å². The van der Waals surface area contributed by atoms with Gasteiger partial charge in [0, 0.05) is 23.4 Å². The Balaban J connectivity index is 2.25. The number of phenols is 1. The van der Waals surface area contributed by atoms with Gasteiger partial charge in [0.1, 0.15) is 23.1 Å². The maximum atomic E-state index is 14.3. The second-order valence-corrected chi connectivity index (χ2v) is 5.56. The van der Waals surface area contributed by atoms with Crippen molar-refractivity contribution in [3.05, 3.63) is 52.6 Å². The van der Waals surface area contributed by atoms with Crippen LogP contribution in [-0.2, 0) is 0 Å². The highest BCUT2D eigenvalue weighted by Crippen LogP contribution is 2.33. The zero-order valence-corrected chi connectivity index (χ0v) is 13.9. The van der Waals surface area contributed by atoms with Gasteiger partial charge >= 0.3 is 0 Å². The van der Waals surface area contributed by atoms with Crippen molar-refractivity contribution in [1.29, 1.82) is 0 Å². The van der Waals surface area contributed by atoms with Gasteiger partial charge in [0.2, 0.25) is 0 Å². The van der Waals surface area contributed by atoms with Gasteiger partial charge in [0.05, 0.1) is 24.6 Å². The molecule has 0 spiro atoms. The quantitative estimate of drug-likeness (QED) is 0.738. The normalized spacial score (nSPS) is 10.8. The van der Waals surface area contributed by atoms with Crippen LogP contribution in [0.3, 0.4) is 0 Å². The summed E-state index contributed by atoms with van der Waals surface area (Å²) in [6, 6.07) is 7.12. The number of methoxy groups -OCH3 is 1. The maximum absolute atomic E-state index is 14.3. The summed E-state index contributed by atoms with van der Waals surface area (Å²) >= 11 is 0. The Kier molecular flexibility index (Phi) is 4.61. The largest absolute Gasteiger partial charge is 0.508 e. The summed E-state index contributed by atoms with van der Waals surface area (Å²) in [7, 11) is 1.44. The van der Waals surface area contributed by atoms with Crippen LogP contribution in [0.15, 0.2) is 41.3 Å². The van der Waals surface area contributed by atoms with E-state index in [0.717, 1.165) is 6.42 Å². The van der Waals surface area contributed by atoms with Gasteiger partial charge in [0.25, 0.3) is 0 Å². The first-order valence-corrected chi connectivity index (χ1v) is 7.91. The van der Waals surface area contributed by atoms with Gasteiger partial charge in [-0.3, -0.25) is 4.79 Å². The van der Waals surface area contributed by atoms with Crippen molar-refractivity contribution in [3.63, 3.8) is 0 Å². The molecular weight excluding hydrogens is 325 g/mol. The topological polar surface area (TPSA) is 71.6 Å². The molecule has 0 fully saturated rings. The minimum atomic E-state index is -0.625. The van der Waals surface area contributed by atoms with Gasteiger partial charge in [-0.1, -0.05) is 6.92 Å². The minimum Gasteiger partial charge on any atom is -0.508 e. The molecule has 0 aliphatic carbocycles. The van der Waals surface area contributed by atoms with Crippen molar-refractivity contribution < 1.29 is 19.0 Å². The van der Waals surface area contributed by atoms with Gasteiger partial charge in [0.15, 0.2) is 5.43 Å². The first-order chi connectivity index (χ1) is 12.1. The molecule has 2 aromatic carbocycles. The van der Waals surface area contributed by atoms with E-state index in [1.165, 1.54) is 37.6 Å². The molecule has 2 N–H and O–H groups in total. The van der Waals surface area contributed by atoms with Gasteiger partial charge in [-0.2, -0.15) is 0 Å². The van der Waals surface area contributed by atoms with E-state index in [9.17, 15) is 14.3 Å². The van der Waals surface area contributed by atoms with Crippen LogP contribution >= 0.6 is 0 Å². The summed E-state index contributed by atoms with van der Waals surface area (Å²) in [6.07, 6.45) is 2.30. The van der Waals surface area contributed by atoms with Crippen LogP contribution in [0.5, 0.6) is 17.2 Å². The van der Waals surface area contributed by atoms with E-state index >= 15 is 0 Å². The molecule has 0 aliphatic rings. The highest BCUT2D eigenvalue weighted by atomic mass is 19.1. The second kappa shape index (κ2) is 6.84. The summed E-state index contributed by atoms with van der Waals surface area (Å²) in [4.78, 5) is 15.9. The Morgan fingerprint density at radius 1 is 1.16 bits per heavy atom. The van der Waals surface area contributed by atoms with E-state index in [1.807, 2.05) is 6.92 Å². The summed E-state index contributed by atoms with van der Waals surface area (Å²) in [5, 5.41) is 9.51. The number of H-pyrrole nitrogens is 1. The molecule has 0 saturated heterocycles. The van der Waals surface area contributed by atoms with Crippen LogP contribution in [0.25, 0.3) is 22.0 Å². The smallest absolute Gasteiger partial charge is 0.200 e. The third-order valence-corrected chi connectivity index (χ3v) is 3.89. The third kappa shape index (κ3) is 3.03. The number of halogens is 1. The Morgan fingerprint density at radius 2 is 1.96 bits per heavy atom. The first kappa shape index (κ1) is 16.8. The predicted octanol–water partition coefficient (Wildman–Crippen LogP) is 3.84. The van der Waals surface area contributed by atoms with Crippen LogP contribution < -0.4 is 14.9 Å². The maximum Gasteiger partial charge on any atom is 0.200 e. The lowest BCUT2D eigenvalue weighted by Crippen LogP contribution is -2.10. The van der Waals surface area contributed by atoms with E-state index in [4.69, 9.17) is 9.47 Å². The number of ether oxygens (including phenoxy) is 2. The highest BCUT2D eigenvalue weighted by Gasteiger charge is 2.17. The molecule has 0 aliphatic heterocycles. The molecule has 0 amide bonds. The average Bonchev–Trinajstić information content (AvgIpc) is 2.61. The fourth-order valence-electron chi connectivity index (χ4n) is 2.70. The molecule has 0 unspecified atom stereocenters. The molecule has 3 rings (SSSR count). The number of pyridine rings is 1. The second-order valence-electron chi connectivity index (χ2n) is 5.56. The monoisotopic (exact) mass is 343 g/mol. The fourth-order valence-corrected chi connectivity index (χ4v) is 2.70. The van der Waals surface area contributed by atoms with Crippen LogP contribution in [-0.4, -0.2) is 23.8 Å². The van der Waals surface area contributed by atoms with Gasteiger partial charge in [-0.05, 0) is 30.7 Å². The zero-order chi connectivity index (χ0) is 18.0. The lowest BCUT2D eigenvalue weighted by Gasteiger charge is -2.12. The van der Waals surface area contributed by atoms with Gasteiger partial charge < -0.3 is 19.6 Å². The van der Waals surface area contributed by atoms with E-state index < -0.39 is 11.2 Å². The Bertz CT molecular complexity index is 981. The number of hydrogen-bond donors (Lipinski definition) is 2. The lowest BCUT2D eigenvalue weighted by molar-refractivity contribution is 0.320. The Morgan fingerprint density at radius 3 is 2.68 bits per heavy atom. The van der Waals surface area contributed by atoms with Crippen LogP contribution in [0.1, 0.15) is 13.3 Å². The number of phenolic OH excluding ortho intramolecular Hbond substituents is 1. The molecule has 0 atom stereocenters. The number of rotatable bonds is 5.